The normalized spacial score (nSPS) is 16.9. The highest BCUT2D eigenvalue weighted by Crippen LogP contribution is 2.46. The Labute approximate surface area is 236 Å². The number of alkyl halides is 3. The van der Waals surface area contributed by atoms with Crippen LogP contribution in [0.15, 0.2) is 47.1 Å². The summed E-state index contributed by atoms with van der Waals surface area (Å²) in [6.07, 6.45) is 4.30. The number of imidazole rings is 1. The number of pyridine rings is 1. The van der Waals surface area contributed by atoms with Crippen molar-refractivity contribution in [3.8, 4) is 11.3 Å². The van der Waals surface area contributed by atoms with E-state index in [-0.39, 0.29) is 11.4 Å². The molecule has 2 aliphatic rings. The van der Waals surface area contributed by atoms with Gasteiger partial charge >= 0.3 is 12.1 Å². The van der Waals surface area contributed by atoms with Crippen LogP contribution in [0.25, 0.3) is 22.9 Å². The number of aromatic nitrogens is 3. The second kappa shape index (κ2) is 10.2. The molecule has 0 spiro atoms. The lowest BCUT2D eigenvalue weighted by Gasteiger charge is -2.32. The van der Waals surface area contributed by atoms with E-state index in [1.165, 1.54) is 12.3 Å². The number of hydrogen-bond donors (Lipinski definition) is 1. The summed E-state index contributed by atoms with van der Waals surface area (Å²) in [4.78, 5) is 16.8. The van der Waals surface area contributed by atoms with Crippen molar-refractivity contribution in [3.63, 3.8) is 0 Å². The third kappa shape index (κ3) is 4.94. The first-order valence-corrected chi connectivity index (χ1v) is 13.6. The summed E-state index contributed by atoms with van der Waals surface area (Å²) in [6.45, 7) is 1.23. The molecule has 0 radical (unpaired) electrons. The number of benzene rings is 1. The summed E-state index contributed by atoms with van der Waals surface area (Å²) in [7, 11) is 0. The molecule has 12 heteroatoms. The maximum Gasteiger partial charge on any atom is 0.450 e. The molecule has 40 heavy (non-hydrogen) atoms. The molecular formula is C28H23Cl2F3N4O3. The first-order chi connectivity index (χ1) is 19.1. The van der Waals surface area contributed by atoms with Crippen LogP contribution in [0.5, 0.6) is 0 Å². The molecule has 1 saturated carbocycles. The van der Waals surface area contributed by atoms with Gasteiger partial charge in [0.1, 0.15) is 11.5 Å². The van der Waals surface area contributed by atoms with Crippen LogP contribution in [-0.2, 0) is 6.18 Å². The average molecular weight is 591 g/mol. The number of nitrogens with zero attached hydrogens (tertiary/aromatic N) is 4. The Balaban J connectivity index is 1.22. The number of carboxylic acids is 1. The van der Waals surface area contributed by atoms with Gasteiger partial charge in [0.25, 0.3) is 0 Å². The quantitative estimate of drug-likeness (QED) is 0.246. The van der Waals surface area contributed by atoms with Crippen LogP contribution < -0.4 is 4.90 Å². The monoisotopic (exact) mass is 590 g/mol. The molecule has 4 aromatic rings. The first-order valence-electron chi connectivity index (χ1n) is 12.8. The minimum absolute atomic E-state index is 0.101. The van der Waals surface area contributed by atoms with Crippen LogP contribution >= 0.6 is 23.2 Å². The lowest BCUT2D eigenvalue weighted by atomic mass is 9.94. The number of carboxylic acid groups (broad SMARTS) is 1. The van der Waals surface area contributed by atoms with Crippen LogP contribution in [-0.4, -0.2) is 38.7 Å². The van der Waals surface area contributed by atoms with E-state index in [0.717, 1.165) is 41.4 Å². The van der Waals surface area contributed by atoms with Crippen LogP contribution in [0.1, 0.15) is 59.2 Å². The standard InChI is InChI=1S/C28H23Cl2F3N4O3/c29-19-2-1-3-20(30)22(19)23-18(25(40-35-23)16-5-6-16)8-4-15-10-12-36(13-11-15)17-7-9-21-24(26(38)39)34-27(28(31,32)33)37(21)14-17/h1-4,7-9,14-16H,5-6,10-13H2,(H,38,39)/b8-4+. The molecule has 0 amide bonds. The van der Waals surface area contributed by atoms with Crippen molar-refractivity contribution in [2.75, 3.05) is 18.0 Å². The van der Waals surface area contributed by atoms with Gasteiger partial charge in [0, 0.05) is 36.3 Å². The van der Waals surface area contributed by atoms with Crippen LogP contribution in [0, 0.1) is 5.92 Å². The Kier molecular flexibility index (Phi) is 6.78. The van der Waals surface area contributed by atoms with E-state index in [9.17, 15) is 23.1 Å². The number of rotatable bonds is 6. The third-order valence-electron chi connectivity index (χ3n) is 7.42. The van der Waals surface area contributed by atoms with Gasteiger partial charge in [0.15, 0.2) is 5.69 Å². The zero-order valence-corrected chi connectivity index (χ0v) is 22.5. The third-order valence-corrected chi connectivity index (χ3v) is 8.05. The number of piperidine rings is 1. The molecule has 1 aliphatic carbocycles. The molecule has 2 fully saturated rings. The number of aromatic carboxylic acids is 1. The van der Waals surface area contributed by atoms with Crippen molar-refractivity contribution in [3.05, 3.63) is 75.5 Å². The molecular weight excluding hydrogens is 568 g/mol. The minimum atomic E-state index is -4.79. The van der Waals surface area contributed by atoms with E-state index in [0.29, 0.717) is 46.0 Å². The SMILES string of the molecule is O=C(O)c1nc(C(F)(F)F)n2cc(N3CCC(/C=C/c4c(-c5c(Cl)cccc5Cl)noc4C4CC4)CC3)ccc12. The smallest absolute Gasteiger partial charge is 0.450 e. The summed E-state index contributed by atoms with van der Waals surface area (Å²) in [6, 6.07) is 8.31. The van der Waals surface area contributed by atoms with Crippen molar-refractivity contribution in [1.29, 1.82) is 0 Å². The van der Waals surface area contributed by atoms with Crippen molar-refractivity contribution in [2.45, 2.75) is 37.8 Å². The Morgan fingerprint density at radius 2 is 1.77 bits per heavy atom. The molecule has 3 aromatic heterocycles. The van der Waals surface area contributed by atoms with Gasteiger partial charge in [-0.3, -0.25) is 4.40 Å². The lowest BCUT2D eigenvalue weighted by Crippen LogP contribution is -2.33. The molecule has 0 bridgehead atoms. The van der Waals surface area contributed by atoms with Gasteiger partial charge < -0.3 is 14.5 Å². The molecule has 7 nitrogen and oxygen atoms in total. The van der Waals surface area contributed by atoms with Crippen molar-refractivity contribution in [1.82, 2.24) is 14.5 Å². The Hall–Kier alpha value is -3.50. The summed E-state index contributed by atoms with van der Waals surface area (Å²) in [5.74, 6) is -1.38. The van der Waals surface area contributed by atoms with E-state index in [1.54, 1.807) is 24.3 Å². The van der Waals surface area contributed by atoms with Gasteiger partial charge in [-0.1, -0.05) is 46.6 Å². The largest absolute Gasteiger partial charge is 0.476 e. The van der Waals surface area contributed by atoms with Gasteiger partial charge in [0.05, 0.1) is 21.2 Å². The predicted octanol–water partition coefficient (Wildman–Crippen LogP) is 7.82. The predicted molar refractivity (Wildman–Crippen MR) is 145 cm³/mol. The average Bonchev–Trinajstić information content (AvgIpc) is 3.55. The Morgan fingerprint density at radius 3 is 2.40 bits per heavy atom. The van der Waals surface area contributed by atoms with E-state index < -0.39 is 23.7 Å². The van der Waals surface area contributed by atoms with Gasteiger partial charge in [-0.15, -0.1) is 0 Å². The van der Waals surface area contributed by atoms with Gasteiger partial charge in [-0.2, -0.15) is 13.2 Å². The molecule has 208 valence electrons. The highest BCUT2D eigenvalue weighted by Gasteiger charge is 2.38. The number of allylic oxidation sites excluding steroid dienone is 1. The van der Waals surface area contributed by atoms with E-state index in [4.69, 9.17) is 27.7 Å². The van der Waals surface area contributed by atoms with Crippen molar-refractivity contribution in [2.24, 2.45) is 5.92 Å². The maximum absolute atomic E-state index is 13.6. The van der Waals surface area contributed by atoms with Crippen LogP contribution in [0.2, 0.25) is 10.0 Å². The zero-order chi connectivity index (χ0) is 28.2. The highest BCUT2D eigenvalue weighted by atomic mass is 35.5. The number of carbonyl (C=O) groups is 1. The zero-order valence-electron chi connectivity index (χ0n) is 21.0. The molecule has 4 heterocycles. The summed E-state index contributed by atoms with van der Waals surface area (Å²) < 4.78 is 47.2. The van der Waals surface area contributed by atoms with Crippen LogP contribution in [0.4, 0.5) is 18.9 Å². The number of hydrogen-bond acceptors (Lipinski definition) is 5. The van der Waals surface area contributed by atoms with Gasteiger partial charge in [-0.25, -0.2) is 9.78 Å². The van der Waals surface area contributed by atoms with Crippen LogP contribution in [0.3, 0.4) is 0 Å². The number of anilines is 1. The van der Waals surface area contributed by atoms with E-state index in [2.05, 4.69) is 16.2 Å². The maximum atomic E-state index is 13.6. The number of fused-ring (bicyclic) bond motifs is 1. The molecule has 1 N–H and O–H groups in total. The van der Waals surface area contributed by atoms with Gasteiger partial charge in [-0.05, 0) is 55.9 Å². The lowest BCUT2D eigenvalue weighted by molar-refractivity contribution is -0.145. The Morgan fingerprint density at radius 1 is 1.07 bits per heavy atom. The molecule has 1 aliphatic heterocycles. The summed E-state index contributed by atoms with van der Waals surface area (Å²) >= 11 is 12.9. The van der Waals surface area contributed by atoms with Gasteiger partial charge in [0.2, 0.25) is 5.82 Å². The second-order valence-corrected chi connectivity index (χ2v) is 10.9. The molecule has 1 aromatic carbocycles. The molecule has 1 saturated heterocycles. The topological polar surface area (TPSA) is 83.9 Å². The summed E-state index contributed by atoms with van der Waals surface area (Å²) in [5, 5.41) is 14.6. The fraction of sp³-hybridized carbons (Fsp3) is 0.321. The molecule has 0 unspecified atom stereocenters. The van der Waals surface area contributed by atoms with E-state index >= 15 is 0 Å². The van der Waals surface area contributed by atoms with E-state index in [1.807, 2.05) is 11.0 Å². The fourth-order valence-corrected chi connectivity index (χ4v) is 5.79. The minimum Gasteiger partial charge on any atom is -0.476 e. The molecule has 0 atom stereocenters. The fourth-order valence-electron chi connectivity index (χ4n) is 5.22. The number of halogens is 5. The highest BCUT2D eigenvalue weighted by molar-refractivity contribution is 6.39. The van der Waals surface area contributed by atoms with Crippen molar-refractivity contribution < 1.29 is 27.6 Å². The molecule has 6 rings (SSSR count). The van der Waals surface area contributed by atoms with Crippen molar-refractivity contribution >= 4 is 46.5 Å². The first kappa shape index (κ1) is 26.7. The second-order valence-electron chi connectivity index (χ2n) is 10.1. The Bertz CT molecular complexity index is 1610. The summed E-state index contributed by atoms with van der Waals surface area (Å²) in [5.41, 5.74) is 1.96.